The van der Waals surface area contributed by atoms with Gasteiger partial charge in [-0.05, 0) is 68.4 Å². The van der Waals surface area contributed by atoms with Gasteiger partial charge in [-0.25, -0.2) is 4.79 Å². The highest BCUT2D eigenvalue weighted by Gasteiger charge is 2.43. The fourth-order valence-corrected chi connectivity index (χ4v) is 6.36. The van der Waals surface area contributed by atoms with Crippen molar-refractivity contribution in [3.8, 4) is 23.0 Å². The van der Waals surface area contributed by atoms with Crippen molar-refractivity contribution in [2.45, 2.75) is 63.4 Å². The Morgan fingerprint density at radius 2 is 1.52 bits per heavy atom. The molecule has 1 aliphatic heterocycles. The summed E-state index contributed by atoms with van der Waals surface area (Å²) in [5.74, 6) is 0.972. The smallest absolute Gasteiger partial charge is 0.337 e. The van der Waals surface area contributed by atoms with Gasteiger partial charge in [-0.2, -0.15) is 0 Å². The minimum Gasteiger partial charge on any atom is -0.496 e. The Kier molecular flexibility index (Phi) is 8.05. The molecule has 8 nitrogen and oxygen atoms in total. The lowest BCUT2D eigenvalue weighted by Crippen LogP contribution is -2.36. The van der Waals surface area contributed by atoms with E-state index in [1.165, 1.54) is 0 Å². The van der Waals surface area contributed by atoms with Gasteiger partial charge in [0.15, 0.2) is 17.3 Å². The number of Topliss-reactive ketones (excluding diaryl/α,β-unsaturated/α-hetero) is 1. The summed E-state index contributed by atoms with van der Waals surface area (Å²) in [5.41, 5.74) is 4.18. The van der Waals surface area contributed by atoms with E-state index in [-0.39, 0.29) is 17.8 Å². The molecule has 0 aromatic heterocycles. The molecule has 1 saturated carbocycles. The van der Waals surface area contributed by atoms with Crippen molar-refractivity contribution < 1.29 is 33.3 Å². The zero-order valence-corrected chi connectivity index (χ0v) is 23.8. The van der Waals surface area contributed by atoms with Gasteiger partial charge < -0.3 is 29.0 Å². The average Bonchev–Trinajstić information content (AvgIpc) is 3.48. The molecule has 0 saturated heterocycles. The van der Waals surface area contributed by atoms with E-state index < -0.39 is 11.9 Å². The predicted octanol–water partition coefficient (Wildman–Crippen LogP) is 5.57. The molecule has 212 valence electrons. The van der Waals surface area contributed by atoms with E-state index in [2.05, 4.69) is 5.32 Å². The van der Waals surface area contributed by atoms with Gasteiger partial charge in [0.25, 0.3) is 0 Å². The summed E-state index contributed by atoms with van der Waals surface area (Å²) in [6, 6.07) is 11.4. The van der Waals surface area contributed by atoms with Crippen LogP contribution in [0.25, 0.3) is 0 Å². The Morgan fingerprint density at radius 1 is 0.875 bits per heavy atom. The van der Waals surface area contributed by atoms with Crippen LogP contribution < -0.4 is 24.3 Å². The topological polar surface area (TPSA) is 92.3 Å². The number of ketones is 1. The monoisotopic (exact) mass is 547 g/mol. The third kappa shape index (κ3) is 5.03. The number of allylic oxidation sites excluding steroid dienone is 3. The van der Waals surface area contributed by atoms with Gasteiger partial charge in [0.05, 0.1) is 34.0 Å². The number of benzene rings is 2. The van der Waals surface area contributed by atoms with Gasteiger partial charge in [0, 0.05) is 35.2 Å². The lowest BCUT2D eigenvalue weighted by Gasteiger charge is -2.37. The number of carbonyl (C=O) groups is 2. The highest BCUT2D eigenvalue weighted by atomic mass is 16.5. The molecule has 1 fully saturated rings. The lowest BCUT2D eigenvalue weighted by atomic mass is 9.71. The van der Waals surface area contributed by atoms with Crippen LogP contribution in [0.1, 0.15) is 68.4 Å². The zero-order valence-electron chi connectivity index (χ0n) is 23.8. The number of ether oxygens (including phenoxy) is 5. The maximum atomic E-state index is 14.0. The number of rotatable bonds is 8. The number of nitrogens with one attached hydrogen (secondary N) is 1. The van der Waals surface area contributed by atoms with Gasteiger partial charge >= 0.3 is 5.97 Å². The van der Waals surface area contributed by atoms with E-state index in [9.17, 15) is 9.59 Å². The van der Waals surface area contributed by atoms with Crippen LogP contribution in [0.15, 0.2) is 58.9 Å². The highest BCUT2D eigenvalue weighted by molar-refractivity contribution is 6.04. The van der Waals surface area contributed by atoms with Crippen molar-refractivity contribution >= 4 is 11.8 Å². The second-order valence-corrected chi connectivity index (χ2v) is 10.5. The molecule has 1 N–H and O–H groups in total. The molecule has 40 heavy (non-hydrogen) atoms. The van der Waals surface area contributed by atoms with Crippen LogP contribution in [-0.4, -0.2) is 46.3 Å². The van der Waals surface area contributed by atoms with Crippen LogP contribution in [0.4, 0.5) is 0 Å². The van der Waals surface area contributed by atoms with Crippen molar-refractivity contribution in [3.05, 3.63) is 70.1 Å². The normalized spacial score (nSPS) is 21.1. The van der Waals surface area contributed by atoms with Crippen LogP contribution in [0.5, 0.6) is 23.0 Å². The summed E-state index contributed by atoms with van der Waals surface area (Å²) < 4.78 is 28.4. The number of para-hydroxylation sites is 1. The number of hydrogen-bond donors (Lipinski definition) is 1. The molecule has 1 heterocycles. The summed E-state index contributed by atoms with van der Waals surface area (Å²) in [6.45, 7) is 1.87. The summed E-state index contributed by atoms with van der Waals surface area (Å²) in [5, 5.41) is 3.43. The fraction of sp³-hybridized carbons (Fsp3) is 0.438. The number of dihydropyridines is 1. The molecule has 0 spiro atoms. The molecule has 3 aliphatic rings. The predicted molar refractivity (Wildman–Crippen MR) is 150 cm³/mol. The number of methoxy groups -OCH3 is 4. The van der Waals surface area contributed by atoms with Gasteiger partial charge in [-0.15, -0.1) is 0 Å². The number of hydrogen-bond acceptors (Lipinski definition) is 8. The van der Waals surface area contributed by atoms with Crippen LogP contribution in [0, 0.1) is 0 Å². The Hall–Kier alpha value is -3.94. The summed E-state index contributed by atoms with van der Waals surface area (Å²) >= 11 is 0. The minimum absolute atomic E-state index is 0.0259. The molecule has 5 rings (SSSR count). The van der Waals surface area contributed by atoms with Gasteiger partial charge in [-0.3, -0.25) is 4.79 Å². The van der Waals surface area contributed by atoms with Crippen LogP contribution in [0.2, 0.25) is 0 Å². The molecule has 2 aromatic rings. The van der Waals surface area contributed by atoms with Crippen LogP contribution >= 0.6 is 0 Å². The fourth-order valence-electron chi connectivity index (χ4n) is 6.36. The molecular weight excluding hydrogens is 510 g/mol. The van der Waals surface area contributed by atoms with Crippen molar-refractivity contribution in [1.82, 2.24) is 5.32 Å². The molecule has 0 amide bonds. The van der Waals surface area contributed by atoms with Crippen molar-refractivity contribution in [1.29, 1.82) is 0 Å². The van der Waals surface area contributed by atoms with Crippen molar-refractivity contribution in [2.24, 2.45) is 0 Å². The first kappa shape index (κ1) is 27.6. The van der Waals surface area contributed by atoms with E-state index in [0.717, 1.165) is 42.7 Å². The second-order valence-electron chi connectivity index (χ2n) is 10.5. The first-order chi connectivity index (χ1) is 19.4. The van der Waals surface area contributed by atoms with Crippen molar-refractivity contribution in [2.75, 3.05) is 28.4 Å². The highest BCUT2D eigenvalue weighted by Crippen LogP contribution is 2.50. The van der Waals surface area contributed by atoms with Gasteiger partial charge in [-0.1, -0.05) is 18.2 Å². The lowest BCUT2D eigenvalue weighted by molar-refractivity contribution is -0.144. The van der Waals surface area contributed by atoms with Crippen LogP contribution in [0.3, 0.4) is 0 Å². The summed E-state index contributed by atoms with van der Waals surface area (Å²) in [7, 11) is 6.28. The third-order valence-electron chi connectivity index (χ3n) is 8.22. The molecule has 2 aromatic carbocycles. The Morgan fingerprint density at radius 3 is 2.15 bits per heavy atom. The first-order valence-electron chi connectivity index (χ1n) is 13.8. The van der Waals surface area contributed by atoms with Gasteiger partial charge in [0.1, 0.15) is 11.9 Å². The maximum Gasteiger partial charge on any atom is 0.337 e. The maximum absolute atomic E-state index is 14.0. The molecule has 0 bridgehead atoms. The van der Waals surface area contributed by atoms with E-state index in [4.69, 9.17) is 23.7 Å². The zero-order chi connectivity index (χ0) is 28.4. The van der Waals surface area contributed by atoms with E-state index in [1.54, 1.807) is 28.4 Å². The number of carbonyl (C=O) groups excluding carboxylic acids is 2. The Balaban J connectivity index is 1.63. The molecule has 0 unspecified atom stereocenters. The molecular formula is C32H37NO7. The standard InChI is InChI=1S/C32H37NO7/c1-18-28(32(35)40-21-10-6-7-11-21)29(20-16-26(37-3)31(39-5)27(17-20)38-4)30-23(33-18)14-19(15-24(30)34)22-12-8-9-13-25(22)36-2/h8-9,12-13,16-17,19,21,29,33H,6-7,10-11,14-15H2,1-5H3/t19-,29-/m1/s1. The van der Waals surface area contributed by atoms with E-state index in [0.29, 0.717) is 52.5 Å². The third-order valence-corrected chi connectivity index (χ3v) is 8.22. The van der Waals surface area contributed by atoms with Gasteiger partial charge in [0.2, 0.25) is 5.75 Å². The quantitative estimate of drug-likeness (QED) is 0.429. The number of esters is 1. The van der Waals surface area contributed by atoms with E-state index >= 15 is 0 Å². The SMILES string of the molecule is COc1ccccc1[C@H]1CC(=O)C2=C(C1)NC(C)=C(C(=O)OC1CCCC1)[C@H]2c1cc(OC)c(OC)c(OC)c1. The molecule has 2 aliphatic carbocycles. The summed E-state index contributed by atoms with van der Waals surface area (Å²) in [6.07, 6.45) is 4.59. The van der Waals surface area contributed by atoms with Crippen molar-refractivity contribution in [3.63, 3.8) is 0 Å². The van der Waals surface area contributed by atoms with Crippen LogP contribution in [-0.2, 0) is 14.3 Å². The summed E-state index contributed by atoms with van der Waals surface area (Å²) in [4.78, 5) is 27.8. The van der Waals surface area contributed by atoms with E-state index in [1.807, 2.05) is 43.3 Å². The Labute approximate surface area is 235 Å². The molecule has 8 heteroatoms. The second kappa shape index (κ2) is 11.7. The first-order valence-corrected chi connectivity index (χ1v) is 13.8. The molecule has 0 radical (unpaired) electrons. The Bertz CT molecular complexity index is 1340. The average molecular weight is 548 g/mol. The molecule has 2 atom stereocenters. The minimum atomic E-state index is -0.648. The largest absolute Gasteiger partial charge is 0.496 e.